The van der Waals surface area contributed by atoms with Crippen molar-refractivity contribution in [1.29, 1.82) is 0 Å². The summed E-state index contributed by atoms with van der Waals surface area (Å²) in [6.45, 7) is 2.01. The smallest absolute Gasteiger partial charge is 0.301 e. The van der Waals surface area contributed by atoms with Gasteiger partial charge in [0.05, 0.1) is 6.26 Å². The zero-order valence-electron chi connectivity index (χ0n) is 9.67. The van der Waals surface area contributed by atoms with Gasteiger partial charge in [0.1, 0.15) is 5.82 Å². The van der Waals surface area contributed by atoms with Gasteiger partial charge in [-0.2, -0.15) is 4.37 Å². The average molecular weight is 284 g/mol. The summed E-state index contributed by atoms with van der Waals surface area (Å²) >= 11 is 2.88. The van der Waals surface area contributed by atoms with Crippen molar-refractivity contribution in [3.05, 3.63) is 29.5 Å². The minimum absolute atomic E-state index is 0.241. The predicted octanol–water partition coefficient (Wildman–Crippen LogP) is 1.59. The van der Waals surface area contributed by atoms with Crippen molar-refractivity contribution in [3.63, 3.8) is 0 Å². The van der Waals surface area contributed by atoms with E-state index in [1.807, 2.05) is 6.92 Å². The standard InChI is InChI=1S/C10H12N4O2S2/c1-2-7-12-10(18-14-7)17-5-6-3-4-16-8(6)9(15)13-11/h3-4H,2,5,11H2,1H3,(H,13,15). The number of rotatable bonds is 5. The molecule has 96 valence electrons. The molecule has 0 atom stereocenters. The second-order valence-electron chi connectivity index (χ2n) is 3.37. The van der Waals surface area contributed by atoms with Crippen LogP contribution in [0.2, 0.25) is 0 Å². The third-order valence-corrected chi connectivity index (χ3v) is 4.12. The summed E-state index contributed by atoms with van der Waals surface area (Å²) in [6, 6.07) is 1.75. The fraction of sp³-hybridized carbons (Fsp3) is 0.300. The SMILES string of the molecule is CCc1nsc(SCc2ccoc2C(=O)NN)n1. The molecule has 0 aromatic carbocycles. The van der Waals surface area contributed by atoms with E-state index >= 15 is 0 Å². The van der Waals surface area contributed by atoms with Crippen molar-refractivity contribution in [2.24, 2.45) is 5.84 Å². The summed E-state index contributed by atoms with van der Waals surface area (Å²) in [6.07, 6.45) is 2.29. The zero-order chi connectivity index (χ0) is 13.0. The number of nitrogen functional groups attached to an aromatic ring is 1. The number of hydrogen-bond acceptors (Lipinski definition) is 7. The Bertz CT molecular complexity index is 537. The molecule has 0 aliphatic heterocycles. The number of aryl methyl sites for hydroxylation is 1. The van der Waals surface area contributed by atoms with Crippen LogP contribution in [-0.4, -0.2) is 15.3 Å². The minimum Gasteiger partial charge on any atom is -0.459 e. The van der Waals surface area contributed by atoms with Crippen molar-refractivity contribution in [2.75, 3.05) is 0 Å². The van der Waals surface area contributed by atoms with Gasteiger partial charge in [0.2, 0.25) is 0 Å². The molecule has 8 heteroatoms. The highest BCUT2D eigenvalue weighted by molar-refractivity contribution is 8.00. The maximum Gasteiger partial charge on any atom is 0.301 e. The molecule has 2 aromatic heterocycles. The van der Waals surface area contributed by atoms with Gasteiger partial charge in [0.15, 0.2) is 10.1 Å². The average Bonchev–Trinajstić information content (AvgIpc) is 3.03. The van der Waals surface area contributed by atoms with E-state index in [4.69, 9.17) is 10.3 Å². The van der Waals surface area contributed by atoms with Crippen LogP contribution < -0.4 is 11.3 Å². The number of hydrazine groups is 1. The normalized spacial score (nSPS) is 10.6. The summed E-state index contributed by atoms with van der Waals surface area (Å²) in [5.74, 6) is 6.32. The molecule has 6 nitrogen and oxygen atoms in total. The number of carbonyl (C=O) groups is 1. The molecule has 3 N–H and O–H groups in total. The first-order chi connectivity index (χ1) is 8.74. The van der Waals surface area contributed by atoms with Crippen LogP contribution in [0.15, 0.2) is 21.1 Å². The molecule has 0 aliphatic carbocycles. The summed E-state index contributed by atoms with van der Waals surface area (Å²) in [5, 5.41) is 0. The number of amides is 1. The highest BCUT2D eigenvalue weighted by Gasteiger charge is 2.15. The number of nitrogens with one attached hydrogen (secondary N) is 1. The van der Waals surface area contributed by atoms with E-state index in [0.717, 1.165) is 22.1 Å². The number of nitrogens with two attached hydrogens (primary N) is 1. The molecule has 0 aliphatic rings. The van der Waals surface area contributed by atoms with Gasteiger partial charge < -0.3 is 4.42 Å². The lowest BCUT2D eigenvalue weighted by Crippen LogP contribution is -2.30. The molecule has 1 amide bonds. The Balaban J connectivity index is 2.02. The number of thioether (sulfide) groups is 1. The van der Waals surface area contributed by atoms with E-state index in [1.165, 1.54) is 29.6 Å². The Kier molecular flexibility index (Phi) is 4.34. The highest BCUT2D eigenvalue weighted by atomic mass is 32.2. The molecular formula is C10H12N4O2S2. The topological polar surface area (TPSA) is 94.0 Å². The summed E-state index contributed by atoms with van der Waals surface area (Å²) < 4.78 is 10.2. The molecule has 2 heterocycles. The number of aromatic nitrogens is 2. The number of furan rings is 1. The van der Waals surface area contributed by atoms with Crippen LogP contribution in [0.3, 0.4) is 0 Å². The summed E-state index contributed by atoms with van der Waals surface area (Å²) in [5.41, 5.74) is 2.84. The van der Waals surface area contributed by atoms with E-state index < -0.39 is 5.91 Å². The number of nitrogens with zero attached hydrogens (tertiary/aromatic N) is 2. The highest BCUT2D eigenvalue weighted by Crippen LogP contribution is 2.26. The summed E-state index contributed by atoms with van der Waals surface area (Å²) in [4.78, 5) is 15.7. The third-order valence-electron chi connectivity index (χ3n) is 2.20. The Morgan fingerprint density at radius 1 is 1.67 bits per heavy atom. The van der Waals surface area contributed by atoms with E-state index in [-0.39, 0.29) is 5.76 Å². The molecule has 0 unspecified atom stereocenters. The van der Waals surface area contributed by atoms with Gasteiger partial charge in [-0.05, 0) is 17.6 Å². The molecule has 0 radical (unpaired) electrons. The Morgan fingerprint density at radius 2 is 2.50 bits per heavy atom. The van der Waals surface area contributed by atoms with E-state index in [1.54, 1.807) is 6.07 Å². The quantitative estimate of drug-likeness (QED) is 0.375. The first kappa shape index (κ1) is 13.1. The third kappa shape index (κ3) is 2.89. The number of carbonyl (C=O) groups excluding carboxylic acids is 1. The van der Waals surface area contributed by atoms with Crippen LogP contribution in [0.25, 0.3) is 0 Å². The monoisotopic (exact) mass is 284 g/mol. The van der Waals surface area contributed by atoms with E-state index in [9.17, 15) is 4.79 Å². The van der Waals surface area contributed by atoms with Gasteiger partial charge in [0.25, 0.3) is 0 Å². The van der Waals surface area contributed by atoms with Crippen molar-refractivity contribution < 1.29 is 9.21 Å². The van der Waals surface area contributed by atoms with Crippen molar-refractivity contribution in [1.82, 2.24) is 14.8 Å². The lowest BCUT2D eigenvalue weighted by molar-refractivity contribution is 0.0925. The van der Waals surface area contributed by atoms with Crippen LogP contribution in [0.4, 0.5) is 0 Å². The largest absolute Gasteiger partial charge is 0.459 e. The molecule has 0 spiro atoms. The van der Waals surface area contributed by atoms with Crippen molar-refractivity contribution in [2.45, 2.75) is 23.4 Å². The van der Waals surface area contributed by atoms with Crippen LogP contribution in [0, 0.1) is 0 Å². The second-order valence-corrected chi connectivity index (χ2v) is 5.34. The van der Waals surface area contributed by atoms with E-state index in [2.05, 4.69) is 14.8 Å². The molecule has 2 aromatic rings. The maximum atomic E-state index is 11.4. The van der Waals surface area contributed by atoms with Crippen LogP contribution in [0.1, 0.15) is 28.9 Å². The van der Waals surface area contributed by atoms with Crippen LogP contribution in [0.5, 0.6) is 0 Å². The van der Waals surface area contributed by atoms with Crippen LogP contribution >= 0.6 is 23.3 Å². The van der Waals surface area contributed by atoms with E-state index in [0.29, 0.717) is 5.75 Å². The fourth-order valence-electron chi connectivity index (χ4n) is 1.29. The lowest BCUT2D eigenvalue weighted by atomic mass is 10.3. The Labute approximate surface area is 112 Å². The second kappa shape index (κ2) is 5.98. The number of hydrogen-bond donors (Lipinski definition) is 2. The summed E-state index contributed by atoms with van der Waals surface area (Å²) in [7, 11) is 0. The molecule has 0 saturated heterocycles. The lowest BCUT2D eigenvalue weighted by Gasteiger charge is -1.99. The van der Waals surface area contributed by atoms with Gasteiger partial charge in [0, 0.05) is 17.7 Å². The molecular weight excluding hydrogens is 272 g/mol. The zero-order valence-corrected chi connectivity index (χ0v) is 11.3. The fourth-order valence-corrected chi connectivity index (χ4v) is 2.97. The maximum absolute atomic E-state index is 11.4. The van der Waals surface area contributed by atoms with Gasteiger partial charge >= 0.3 is 5.91 Å². The van der Waals surface area contributed by atoms with Gasteiger partial charge in [-0.25, -0.2) is 10.8 Å². The van der Waals surface area contributed by atoms with Gasteiger partial charge in [-0.15, -0.1) is 0 Å². The first-order valence-corrected chi connectivity index (χ1v) is 7.03. The molecule has 0 saturated carbocycles. The first-order valence-electron chi connectivity index (χ1n) is 5.27. The minimum atomic E-state index is -0.429. The molecule has 18 heavy (non-hydrogen) atoms. The predicted molar refractivity (Wildman–Crippen MR) is 69.2 cm³/mol. The van der Waals surface area contributed by atoms with Crippen LogP contribution in [-0.2, 0) is 12.2 Å². The van der Waals surface area contributed by atoms with Crippen molar-refractivity contribution >= 4 is 29.2 Å². The molecule has 0 bridgehead atoms. The van der Waals surface area contributed by atoms with Gasteiger partial charge in [-0.3, -0.25) is 10.2 Å². The van der Waals surface area contributed by atoms with Crippen molar-refractivity contribution in [3.8, 4) is 0 Å². The Morgan fingerprint density at radius 3 is 3.17 bits per heavy atom. The molecule has 0 fully saturated rings. The molecule has 2 rings (SSSR count). The Hall–Kier alpha value is -1.38. The van der Waals surface area contributed by atoms with Gasteiger partial charge in [-0.1, -0.05) is 18.7 Å².